The molecule has 2 heterocycles. The summed E-state index contributed by atoms with van der Waals surface area (Å²) in [4.78, 5) is 12.9. The van der Waals surface area contributed by atoms with Crippen molar-refractivity contribution in [2.24, 2.45) is 11.8 Å². The molecule has 1 amide bonds. The van der Waals surface area contributed by atoms with E-state index in [0.29, 0.717) is 47.1 Å². The van der Waals surface area contributed by atoms with Crippen LogP contribution in [0.3, 0.4) is 0 Å². The molecule has 0 unspecified atom stereocenters. The summed E-state index contributed by atoms with van der Waals surface area (Å²) in [5.41, 5.74) is 0.584. The van der Waals surface area contributed by atoms with Crippen LogP contribution >= 0.6 is 11.6 Å². The van der Waals surface area contributed by atoms with E-state index in [0.717, 1.165) is 6.42 Å². The normalized spacial score (nSPS) is 21.4. The van der Waals surface area contributed by atoms with Gasteiger partial charge in [0.25, 0.3) is 5.91 Å². The monoisotopic (exact) mass is 450 g/mol. The SMILES string of the molecule is C[C@H]1C[C@H](C)CN(S(=O)(=O)c2cccc(C(=O)Nc3cc4c(cc3Cl)OCO4)c2)C1. The molecule has 0 saturated carbocycles. The number of benzene rings is 2. The maximum atomic E-state index is 13.1. The van der Waals surface area contributed by atoms with Crippen molar-refractivity contribution in [1.29, 1.82) is 0 Å². The van der Waals surface area contributed by atoms with Gasteiger partial charge in [-0.1, -0.05) is 31.5 Å². The van der Waals surface area contributed by atoms with Gasteiger partial charge in [0, 0.05) is 30.8 Å². The van der Waals surface area contributed by atoms with Crippen molar-refractivity contribution in [3.05, 3.63) is 47.0 Å². The first-order chi connectivity index (χ1) is 14.2. The molecule has 0 aromatic heterocycles. The molecule has 2 atom stereocenters. The van der Waals surface area contributed by atoms with E-state index >= 15 is 0 Å². The van der Waals surface area contributed by atoms with E-state index < -0.39 is 15.9 Å². The largest absolute Gasteiger partial charge is 0.454 e. The Labute approximate surface area is 181 Å². The number of halogens is 1. The highest BCUT2D eigenvalue weighted by Crippen LogP contribution is 2.39. The second kappa shape index (κ2) is 8.09. The maximum absolute atomic E-state index is 13.1. The van der Waals surface area contributed by atoms with Crippen LogP contribution in [0, 0.1) is 11.8 Å². The van der Waals surface area contributed by atoms with Gasteiger partial charge in [0.05, 0.1) is 15.6 Å². The zero-order valence-electron chi connectivity index (χ0n) is 16.7. The Hall–Kier alpha value is -2.29. The van der Waals surface area contributed by atoms with E-state index in [1.54, 1.807) is 24.3 Å². The summed E-state index contributed by atoms with van der Waals surface area (Å²) in [5, 5.41) is 3.01. The van der Waals surface area contributed by atoms with Gasteiger partial charge < -0.3 is 14.8 Å². The lowest BCUT2D eigenvalue weighted by atomic mass is 9.94. The van der Waals surface area contributed by atoms with E-state index in [1.165, 1.54) is 16.4 Å². The molecule has 4 rings (SSSR count). The first-order valence-electron chi connectivity index (χ1n) is 9.74. The number of nitrogens with one attached hydrogen (secondary N) is 1. The molecule has 0 radical (unpaired) electrons. The Morgan fingerprint density at radius 1 is 1.10 bits per heavy atom. The summed E-state index contributed by atoms with van der Waals surface area (Å²) < 4.78 is 38.4. The van der Waals surface area contributed by atoms with Gasteiger partial charge in [-0.3, -0.25) is 4.79 Å². The van der Waals surface area contributed by atoms with Crippen LogP contribution in [0.2, 0.25) is 5.02 Å². The third kappa shape index (κ3) is 4.12. The quantitative estimate of drug-likeness (QED) is 0.761. The molecule has 2 aliphatic heterocycles. The molecule has 7 nitrogen and oxygen atoms in total. The molecular weight excluding hydrogens is 428 g/mol. The van der Waals surface area contributed by atoms with Crippen LogP contribution in [0.15, 0.2) is 41.3 Å². The van der Waals surface area contributed by atoms with Crippen LogP contribution in [-0.2, 0) is 10.0 Å². The van der Waals surface area contributed by atoms with Crippen molar-refractivity contribution in [2.45, 2.75) is 25.2 Å². The molecule has 2 aromatic rings. The molecule has 2 aliphatic rings. The van der Waals surface area contributed by atoms with E-state index in [-0.39, 0.29) is 17.3 Å². The van der Waals surface area contributed by atoms with E-state index in [4.69, 9.17) is 21.1 Å². The fourth-order valence-electron chi connectivity index (χ4n) is 3.96. The van der Waals surface area contributed by atoms with Crippen LogP contribution in [0.1, 0.15) is 30.6 Å². The topological polar surface area (TPSA) is 84.9 Å². The Kier molecular flexibility index (Phi) is 5.65. The minimum atomic E-state index is -3.68. The Morgan fingerprint density at radius 3 is 2.47 bits per heavy atom. The number of fused-ring (bicyclic) bond motifs is 1. The van der Waals surface area contributed by atoms with E-state index in [1.807, 2.05) is 0 Å². The van der Waals surface area contributed by atoms with Gasteiger partial charge >= 0.3 is 0 Å². The number of ether oxygens (including phenoxy) is 2. The third-order valence-corrected chi connectivity index (χ3v) is 7.42. The first kappa shape index (κ1) is 21.0. The minimum Gasteiger partial charge on any atom is -0.454 e. The average Bonchev–Trinajstić information content (AvgIpc) is 3.14. The molecule has 1 fully saturated rings. The number of anilines is 1. The Balaban J connectivity index is 1.57. The third-order valence-electron chi connectivity index (χ3n) is 5.28. The highest BCUT2D eigenvalue weighted by molar-refractivity contribution is 7.89. The fourth-order valence-corrected chi connectivity index (χ4v) is 5.88. The van der Waals surface area contributed by atoms with Gasteiger partial charge in [-0.05, 0) is 36.5 Å². The number of amides is 1. The van der Waals surface area contributed by atoms with Crippen molar-refractivity contribution in [3.63, 3.8) is 0 Å². The van der Waals surface area contributed by atoms with Crippen LogP contribution < -0.4 is 14.8 Å². The second-order valence-corrected chi connectivity index (χ2v) is 10.3. The molecule has 30 heavy (non-hydrogen) atoms. The average molecular weight is 451 g/mol. The van der Waals surface area contributed by atoms with Gasteiger partial charge in [-0.25, -0.2) is 8.42 Å². The summed E-state index contributed by atoms with van der Waals surface area (Å²) in [7, 11) is -3.68. The number of carbonyl (C=O) groups excluding carboxylic acids is 1. The first-order valence-corrected chi connectivity index (χ1v) is 11.6. The van der Waals surface area contributed by atoms with Crippen molar-refractivity contribution in [3.8, 4) is 11.5 Å². The molecule has 160 valence electrons. The van der Waals surface area contributed by atoms with Crippen LogP contribution in [0.5, 0.6) is 11.5 Å². The lowest BCUT2D eigenvalue weighted by Gasteiger charge is -2.34. The maximum Gasteiger partial charge on any atom is 0.255 e. The minimum absolute atomic E-state index is 0.0939. The number of sulfonamides is 1. The Bertz CT molecular complexity index is 1080. The molecule has 1 N–H and O–H groups in total. The number of hydrogen-bond donors (Lipinski definition) is 1. The number of nitrogens with zero attached hydrogens (tertiary/aromatic N) is 1. The van der Waals surface area contributed by atoms with Crippen molar-refractivity contribution in [2.75, 3.05) is 25.2 Å². The second-order valence-electron chi connectivity index (χ2n) is 7.94. The lowest BCUT2D eigenvalue weighted by Crippen LogP contribution is -2.42. The van der Waals surface area contributed by atoms with Crippen molar-refractivity contribution >= 4 is 33.2 Å². The van der Waals surface area contributed by atoms with Crippen LogP contribution in [-0.4, -0.2) is 38.5 Å². The zero-order chi connectivity index (χ0) is 21.5. The number of rotatable bonds is 4. The fraction of sp³-hybridized carbons (Fsp3) is 0.381. The summed E-state index contributed by atoms with van der Waals surface area (Å²) in [5.74, 6) is 1.12. The van der Waals surface area contributed by atoms with Gasteiger partial charge in [-0.2, -0.15) is 4.31 Å². The van der Waals surface area contributed by atoms with Gasteiger partial charge in [0.1, 0.15) is 0 Å². The highest BCUT2D eigenvalue weighted by atomic mass is 35.5. The molecule has 9 heteroatoms. The van der Waals surface area contributed by atoms with E-state index in [9.17, 15) is 13.2 Å². The predicted octanol–water partition coefficient (Wildman–Crippen LogP) is 3.99. The summed E-state index contributed by atoms with van der Waals surface area (Å²) in [6.07, 6.45) is 1.00. The zero-order valence-corrected chi connectivity index (χ0v) is 18.3. The summed E-state index contributed by atoms with van der Waals surface area (Å²) >= 11 is 6.22. The summed E-state index contributed by atoms with van der Waals surface area (Å²) in [6.45, 7) is 5.16. The molecule has 0 bridgehead atoms. The summed E-state index contributed by atoms with van der Waals surface area (Å²) in [6, 6.07) is 9.20. The van der Waals surface area contributed by atoms with Gasteiger partial charge in [0.15, 0.2) is 11.5 Å². The molecule has 2 aromatic carbocycles. The Morgan fingerprint density at radius 2 is 1.77 bits per heavy atom. The van der Waals surface area contributed by atoms with Crippen molar-refractivity contribution in [1.82, 2.24) is 4.31 Å². The highest BCUT2D eigenvalue weighted by Gasteiger charge is 2.32. The van der Waals surface area contributed by atoms with Crippen molar-refractivity contribution < 1.29 is 22.7 Å². The lowest BCUT2D eigenvalue weighted by molar-refractivity contribution is 0.102. The van der Waals surface area contributed by atoms with Crippen LogP contribution in [0.4, 0.5) is 5.69 Å². The predicted molar refractivity (Wildman–Crippen MR) is 114 cm³/mol. The number of hydrogen-bond acceptors (Lipinski definition) is 5. The smallest absolute Gasteiger partial charge is 0.255 e. The molecule has 1 saturated heterocycles. The van der Waals surface area contributed by atoms with E-state index in [2.05, 4.69) is 19.2 Å². The molecule has 0 aliphatic carbocycles. The number of carbonyl (C=O) groups is 1. The van der Waals surface area contributed by atoms with Gasteiger partial charge in [0.2, 0.25) is 16.8 Å². The van der Waals surface area contributed by atoms with Gasteiger partial charge in [-0.15, -0.1) is 0 Å². The molecule has 0 spiro atoms. The standard InChI is InChI=1S/C21H23ClN2O5S/c1-13-6-14(2)11-24(10-13)30(26,27)16-5-3-4-15(7-16)21(25)23-18-9-20-19(8-17(18)22)28-12-29-20/h3-5,7-9,13-14H,6,10-12H2,1-2H3,(H,23,25)/t13-,14-/m0/s1. The number of piperidine rings is 1. The van der Waals surface area contributed by atoms with Crippen LogP contribution in [0.25, 0.3) is 0 Å². The molecular formula is C21H23ClN2O5S.